The molecule has 1 saturated heterocycles. The summed E-state index contributed by atoms with van der Waals surface area (Å²) in [6, 6.07) is 16.5. The van der Waals surface area contributed by atoms with Gasteiger partial charge < -0.3 is 14.2 Å². The number of carbonyl (C=O) groups excluding carboxylic acids is 1. The number of amides is 1. The van der Waals surface area contributed by atoms with Crippen LogP contribution in [0.3, 0.4) is 0 Å². The Kier molecular flexibility index (Phi) is 3.31. The van der Waals surface area contributed by atoms with Crippen LogP contribution in [0, 0.1) is 0 Å². The molecule has 0 saturated carbocycles. The topological polar surface area (TPSA) is 34.5 Å². The van der Waals surface area contributed by atoms with Gasteiger partial charge in [0.25, 0.3) is 0 Å². The molecule has 1 fully saturated rings. The summed E-state index contributed by atoms with van der Waals surface area (Å²) < 4.78 is 7.45. The van der Waals surface area contributed by atoms with E-state index in [1.54, 1.807) is 0 Å². The Bertz CT molecular complexity index is 778. The Morgan fingerprint density at radius 3 is 2.05 bits per heavy atom. The summed E-state index contributed by atoms with van der Waals surface area (Å²) in [5.74, 6) is 0.162. The van der Waals surface area contributed by atoms with Crippen molar-refractivity contribution in [1.82, 2.24) is 9.47 Å². The lowest BCUT2D eigenvalue weighted by molar-refractivity contribution is -0.135. The lowest BCUT2D eigenvalue weighted by Crippen LogP contribution is -2.42. The second-order valence-corrected chi connectivity index (χ2v) is 5.61. The number of para-hydroxylation sites is 2. The lowest BCUT2D eigenvalue weighted by atomic mass is 10.2. The molecule has 4 nitrogen and oxygen atoms in total. The van der Waals surface area contributed by atoms with E-state index >= 15 is 0 Å². The Morgan fingerprint density at radius 1 is 0.909 bits per heavy atom. The molecule has 0 atom stereocenters. The number of aromatic nitrogens is 1. The van der Waals surface area contributed by atoms with Crippen LogP contribution >= 0.6 is 0 Å². The number of nitrogens with zero attached hydrogens (tertiary/aromatic N) is 2. The molecule has 1 amide bonds. The van der Waals surface area contributed by atoms with Gasteiger partial charge in [-0.25, -0.2) is 0 Å². The first kappa shape index (κ1) is 13.3. The molecule has 1 aliphatic rings. The molecule has 0 N–H and O–H groups in total. The molecule has 4 rings (SSSR count). The summed E-state index contributed by atoms with van der Waals surface area (Å²) in [5.41, 5.74) is 2.23. The van der Waals surface area contributed by atoms with Gasteiger partial charge in [-0.3, -0.25) is 4.79 Å². The van der Waals surface area contributed by atoms with E-state index in [0.717, 1.165) is 11.0 Å². The van der Waals surface area contributed by atoms with Crippen LogP contribution < -0.4 is 0 Å². The highest BCUT2D eigenvalue weighted by Gasteiger charge is 2.19. The second-order valence-electron chi connectivity index (χ2n) is 5.61. The first-order valence-corrected chi connectivity index (χ1v) is 7.66. The van der Waals surface area contributed by atoms with Gasteiger partial charge in [0.1, 0.15) is 6.54 Å². The van der Waals surface area contributed by atoms with Crippen LogP contribution in [0.25, 0.3) is 21.8 Å². The second kappa shape index (κ2) is 5.46. The summed E-state index contributed by atoms with van der Waals surface area (Å²) >= 11 is 0. The van der Waals surface area contributed by atoms with Gasteiger partial charge in [0, 0.05) is 34.9 Å². The summed E-state index contributed by atoms with van der Waals surface area (Å²) in [5, 5.41) is 2.40. The molecule has 1 aliphatic heterocycles. The van der Waals surface area contributed by atoms with E-state index in [1.807, 2.05) is 29.2 Å². The van der Waals surface area contributed by atoms with E-state index < -0.39 is 0 Å². The minimum absolute atomic E-state index is 0.162. The van der Waals surface area contributed by atoms with E-state index in [-0.39, 0.29) is 5.91 Å². The smallest absolute Gasteiger partial charge is 0.242 e. The largest absolute Gasteiger partial charge is 0.378 e. The fraction of sp³-hybridized carbons (Fsp3) is 0.278. The van der Waals surface area contributed by atoms with Crippen LogP contribution in [0.2, 0.25) is 0 Å². The Morgan fingerprint density at radius 2 is 1.45 bits per heavy atom. The summed E-state index contributed by atoms with van der Waals surface area (Å²) in [4.78, 5) is 14.5. The monoisotopic (exact) mass is 294 g/mol. The SMILES string of the molecule is O=C(Cn1c2ccccc2c2ccccc21)N1CCOCC1. The van der Waals surface area contributed by atoms with Crippen molar-refractivity contribution < 1.29 is 9.53 Å². The maximum atomic E-state index is 12.6. The summed E-state index contributed by atoms with van der Waals surface area (Å²) in [6.45, 7) is 3.04. The molecule has 22 heavy (non-hydrogen) atoms. The number of morpholine rings is 1. The molecule has 112 valence electrons. The number of benzene rings is 2. The third-order valence-corrected chi connectivity index (χ3v) is 4.34. The normalized spacial score (nSPS) is 15.5. The minimum Gasteiger partial charge on any atom is -0.378 e. The number of hydrogen-bond acceptors (Lipinski definition) is 2. The maximum Gasteiger partial charge on any atom is 0.242 e. The molecule has 2 heterocycles. The Balaban J connectivity index is 1.77. The van der Waals surface area contributed by atoms with Gasteiger partial charge in [-0.15, -0.1) is 0 Å². The minimum atomic E-state index is 0.162. The Labute approximate surface area is 128 Å². The average molecular weight is 294 g/mol. The van der Waals surface area contributed by atoms with E-state index in [4.69, 9.17) is 4.74 Å². The first-order valence-electron chi connectivity index (χ1n) is 7.66. The molecule has 0 unspecified atom stereocenters. The van der Waals surface area contributed by atoms with Gasteiger partial charge in [-0.2, -0.15) is 0 Å². The van der Waals surface area contributed by atoms with Crippen molar-refractivity contribution in [3.63, 3.8) is 0 Å². The van der Waals surface area contributed by atoms with E-state index in [0.29, 0.717) is 32.8 Å². The van der Waals surface area contributed by atoms with Crippen molar-refractivity contribution in [1.29, 1.82) is 0 Å². The van der Waals surface area contributed by atoms with Gasteiger partial charge in [0.05, 0.1) is 13.2 Å². The van der Waals surface area contributed by atoms with Crippen LogP contribution in [0.1, 0.15) is 0 Å². The highest BCUT2D eigenvalue weighted by atomic mass is 16.5. The molecule has 0 spiro atoms. The van der Waals surface area contributed by atoms with Gasteiger partial charge in [0.15, 0.2) is 0 Å². The van der Waals surface area contributed by atoms with Crippen LogP contribution in [0.15, 0.2) is 48.5 Å². The number of rotatable bonds is 2. The summed E-state index contributed by atoms with van der Waals surface area (Å²) in [7, 11) is 0. The van der Waals surface area contributed by atoms with Crippen molar-refractivity contribution in [3.8, 4) is 0 Å². The molecular weight excluding hydrogens is 276 g/mol. The number of carbonyl (C=O) groups is 1. The third kappa shape index (κ3) is 2.16. The highest BCUT2D eigenvalue weighted by Crippen LogP contribution is 2.28. The standard InChI is InChI=1S/C18H18N2O2/c21-18(19-9-11-22-12-10-19)13-20-16-7-3-1-5-14(16)15-6-2-4-8-17(15)20/h1-8H,9-13H2. The van der Waals surface area contributed by atoms with Gasteiger partial charge >= 0.3 is 0 Å². The predicted molar refractivity (Wildman–Crippen MR) is 86.8 cm³/mol. The van der Waals surface area contributed by atoms with E-state index in [1.165, 1.54) is 10.8 Å². The van der Waals surface area contributed by atoms with Crippen molar-refractivity contribution >= 4 is 27.7 Å². The van der Waals surface area contributed by atoms with E-state index in [2.05, 4.69) is 28.8 Å². The molecule has 4 heteroatoms. The van der Waals surface area contributed by atoms with E-state index in [9.17, 15) is 4.79 Å². The fourth-order valence-corrected chi connectivity index (χ4v) is 3.22. The molecule has 0 aliphatic carbocycles. The number of fused-ring (bicyclic) bond motifs is 3. The molecular formula is C18H18N2O2. The zero-order valence-electron chi connectivity index (χ0n) is 12.4. The third-order valence-electron chi connectivity index (χ3n) is 4.34. The van der Waals surface area contributed by atoms with Crippen molar-refractivity contribution in [3.05, 3.63) is 48.5 Å². The van der Waals surface area contributed by atoms with Crippen LogP contribution in [0.4, 0.5) is 0 Å². The van der Waals surface area contributed by atoms with Crippen LogP contribution in [0.5, 0.6) is 0 Å². The highest BCUT2D eigenvalue weighted by molar-refractivity contribution is 6.08. The van der Waals surface area contributed by atoms with Crippen LogP contribution in [-0.4, -0.2) is 41.7 Å². The molecule has 1 aromatic heterocycles. The molecule has 0 bridgehead atoms. The van der Waals surface area contributed by atoms with Crippen molar-refractivity contribution in [2.24, 2.45) is 0 Å². The first-order chi connectivity index (χ1) is 10.8. The molecule has 0 radical (unpaired) electrons. The summed E-state index contributed by atoms with van der Waals surface area (Å²) in [6.07, 6.45) is 0. The zero-order valence-corrected chi connectivity index (χ0v) is 12.4. The quantitative estimate of drug-likeness (QED) is 0.728. The molecule has 3 aromatic rings. The average Bonchev–Trinajstić information content (AvgIpc) is 2.90. The Hall–Kier alpha value is -2.33. The fourth-order valence-electron chi connectivity index (χ4n) is 3.22. The van der Waals surface area contributed by atoms with Gasteiger partial charge in [0.2, 0.25) is 5.91 Å². The number of ether oxygens (including phenoxy) is 1. The van der Waals surface area contributed by atoms with Gasteiger partial charge in [-0.05, 0) is 12.1 Å². The maximum absolute atomic E-state index is 12.6. The molecule has 2 aromatic carbocycles. The number of hydrogen-bond donors (Lipinski definition) is 0. The van der Waals surface area contributed by atoms with Crippen LogP contribution in [-0.2, 0) is 16.1 Å². The van der Waals surface area contributed by atoms with Gasteiger partial charge in [-0.1, -0.05) is 36.4 Å². The van der Waals surface area contributed by atoms with Crippen molar-refractivity contribution in [2.45, 2.75) is 6.54 Å². The predicted octanol–water partition coefficient (Wildman–Crippen LogP) is 2.65. The lowest BCUT2D eigenvalue weighted by Gasteiger charge is -2.27. The van der Waals surface area contributed by atoms with Crippen molar-refractivity contribution in [2.75, 3.05) is 26.3 Å². The zero-order chi connectivity index (χ0) is 14.9.